The van der Waals surface area contributed by atoms with Gasteiger partial charge in [-0.1, -0.05) is 0 Å². The van der Waals surface area contributed by atoms with Gasteiger partial charge in [0, 0.05) is 36.9 Å². The molecule has 3 atom stereocenters. The Labute approximate surface area is 114 Å². The van der Waals surface area contributed by atoms with Crippen molar-refractivity contribution in [1.82, 2.24) is 9.21 Å². The highest BCUT2D eigenvalue weighted by molar-refractivity contribution is 8.06. The van der Waals surface area contributed by atoms with E-state index in [2.05, 4.69) is 0 Å². The molecule has 0 aromatic carbocycles. The fraction of sp³-hybridized carbons (Fsp3) is 0.909. The number of likely N-dealkylation sites (tertiary alicyclic amines) is 1. The molecule has 18 heavy (non-hydrogen) atoms. The minimum Gasteiger partial charge on any atom is -0.444 e. The van der Waals surface area contributed by atoms with Crippen molar-refractivity contribution in [2.24, 2.45) is 11.8 Å². The molecular weight excluding hydrogens is 276 g/mol. The van der Waals surface area contributed by atoms with E-state index in [0.717, 1.165) is 0 Å². The summed E-state index contributed by atoms with van der Waals surface area (Å²) < 4.78 is 18.3. The monoisotopic (exact) mass is 294 g/mol. The summed E-state index contributed by atoms with van der Waals surface area (Å²) in [6, 6.07) is 0. The summed E-state index contributed by atoms with van der Waals surface area (Å²) in [6.45, 7) is 8.31. The quantitative estimate of drug-likeness (QED) is 0.690. The molecule has 0 aromatic rings. The fourth-order valence-corrected chi connectivity index (χ4v) is 3.50. The van der Waals surface area contributed by atoms with Crippen LogP contribution >= 0.6 is 10.7 Å². The molecule has 2 heterocycles. The highest BCUT2D eigenvalue weighted by atomic mass is 35.7. The maximum atomic E-state index is 11.9. The van der Waals surface area contributed by atoms with Crippen LogP contribution in [0.2, 0.25) is 0 Å². The van der Waals surface area contributed by atoms with Gasteiger partial charge in [0.1, 0.15) is 5.60 Å². The lowest BCUT2D eigenvalue weighted by atomic mass is 10.0. The van der Waals surface area contributed by atoms with Crippen molar-refractivity contribution >= 4 is 27.0 Å². The van der Waals surface area contributed by atoms with Gasteiger partial charge in [-0.05, 0) is 32.6 Å². The predicted molar refractivity (Wildman–Crippen MR) is 70.4 cm³/mol. The third-order valence-electron chi connectivity index (χ3n) is 3.31. The Hall–Kier alpha value is -0.330. The summed E-state index contributed by atoms with van der Waals surface area (Å²) in [7, 11) is 4.16. The number of fused-ring (bicyclic) bond motifs is 1. The van der Waals surface area contributed by atoms with E-state index < -0.39 is 15.8 Å². The van der Waals surface area contributed by atoms with Crippen LogP contribution in [0.25, 0.3) is 0 Å². The van der Waals surface area contributed by atoms with Crippen molar-refractivity contribution < 1.29 is 13.7 Å². The van der Waals surface area contributed by atoms with Gasteiger partial charge in [-0.25, -0.2) is 13.3 Å². The van der Waals surface area contributed by atoms with Gasteiger partial charge >= 0.3 is 6.09 Å². The van der Waals surface area contributed by atoms with Crippen LogP contribution < -0.4 is 0 Å². The highest BCUT2D eigenvalue weighted by Gasteiger charge is 2.43. The average Bonchev–Trinajstić information content (AvgIpc) is 2.69. The lowest BCUT2D eigenvalue weighted by molar-refractivity contribution is 0.0279. The zero-order valence-electron chi connectivity index (χ0n) is 10.9. The lowest BCUT2D eigenvalue weighted by Gasteiger charge is -2.25. The first-order chi connectivity index (χ1) is 8.26. The van der Waals surface area contributed by atoms with Gasteiger partial charge in [0.2, 0.25) is 0 Å². The molecule has 2 aliphatic rings. The van der Waals surface area contributed by atoms with Gasteiger partial charge in [0.05, 0.1) is 0 Å². The molecule has 0 N–H and O–H groups in total. The van der Waals surface area contributed by atoms with Crippen molar-refractivity contribution in [3.05, 3.63) is 0 Å². The Morgan fingerprint density at radius 1 is 1.22 bits per heavy atom. The number of rotatable bonds is 1. The molecule has 7 heteroatoms. The number of hydrogen-bond acceptors (Lipinski definition) is 3. The predicted octanol–water partition coefficient (Wildman–Crippen LogP) is 1.60. The van der Waals surface area contributed by atoms with E-state index in [9.17, 15) is 9.00 Å². The molecule has 0 radical (unpaired) electrons. The van der Waals surface area contributed by atoms with Crippen LogP contribution in [0.15, 0.2) is 0 Å². The minimum absolute atomic E-state index is 0.254. The van der Waals surface area contributed by atoms with E-state index >= 15 is 0 Å². The number of amides is 1. The second-order valence-corrected chi connectivity index (χ2v) is 7.68. The van der Waals surface area contributed by atoms with Gasteiger partial charge in [-0.2, -0.15) is 0 Å². The molecule has 0 saturated carbocycles. The molecule has 0 aromatic heterocycles. The molecule has 2 saturated heterocycles. The number of halogens is 1. The molecule has 1 amide bonds. The smallest absolute Gasteiger partial charge is 0.410 e. The maximum absolute atomic E-state index is 11.9. The van der Waals surface area contributed by atoms with E-state index in [0.29, 0.717) is 38.0 Å². The van der Waals surface area contributed by atoms with Crippen LogP contribution in [0.4, 0.5) is 4.79 Å². The van der Waals surface area contributed by atoms with E-state index in [1.54, 1.807) is 9.21 Å². The van der Waals surface area contributed by atoms with E-state index in [4.69, 9.17) is 15.4 Å². The summed E-state index contributed by atoms with van der Waals surface area (Å²) in [5.41, 5.74) is -0.460. The molecule has 2 aliphatic heterocycles. The molecule has 2 fully saturated rings. The largest absolute Gasteiger partial charge is 0.444 e. The summed E-state index contributed by atoms with van der Waals surface area (Å²) >= 11 is 0. The van der Waals surface area contributed by atoms with Gasteiger partial charge in [-0.15, -0.1) is 0 Å². The van der Waals surface area contributed by atoms with Crippen LogP contribution in [-0.2, 0) is 14.9 Å². The lowest BCUT2D eigenvalue weighted by Crippen LogP contribution is -2.37. The maximum Gasteiger partial charge on any atom is 0.410 e. The molecule has 104 valence electrons. The molecule has 0 aliphatic carbocycles. The zero-order valence-corrected chi connectivity index (χ0v) is 12.5. The number of nitrogens with zero attached hydrogens (tertiary/aromatic N) is 2. The van der Waals surface area contributed by atoms with Crippen LogP contribution in [0, 0.1) is 11.8 Å². The second kappa shape index (κ2) is 4.98. The van der Waals surface area contributed by atoms with Crippen molar-refractivity contribution in [2.75, 3.05) is 26.2 Å². The van der Waals surface area contributed by atoms with Crippen LogP contribution in [0.5, 0.6) is 0 Å². The van der Waals surface area contributed by atoms with E-state index in [1.165, 1.54) is 0 Å². The van der Waals surface area contributed by atoms with Crippen LogP contribution in [-0.4, -0.2) is 51.3 Å². The van der Waals surface area contributed by atoms with Gasteiger partial charge in [-0.3, -0.25) is 0 Å². The first-order valence-corrected chi connectivity index (χ1v) is 8.00. The van der Waals surface area contributed by atoms with Crippen LogP contribution in [0.1, 0.15) is 20.8 Å². The van der Waals surface area contributed by atoms with E-state index in [1.807, 2.05) is 20.8 Å². The molecule has 0 bridgehead atoms. The third-order valence-corrected chi connectivity index (χ3v) is 4.60. The first kappa shape index (κ1) is 14.1. The van der Waals surface area contributed by atoms with Crippen molar-refractivity contribution in [3.8, 4) is 0 Å². The Balaban J connectivity index is 1.89. The summed E-state index contributed by atoms with van der Waals surface area (Å²) in [4.78, 5) is 13.7. The number of carbonyl (C=O) groups excluding carboxylic acids is 1. The first-order valence-electron chi connectivity index (χ1n) is 6.07. The topological polar surface area (TPSA) is 49.9 Å². The highest BCUT2D eigenvalue weighted by Crippen LogP contribution is 2.33. The van der Waals surface area contributed by atoms with Gasteiger partial charge in [0.15, 0.2) is 10.2 Å². The normalized spacial score (nSPS) is 30.3. The van der Waals surface area contributed by atoms with Gasteiger partial charge in [0.25, 0.3) is 0 Å². The molecule has 3 unspecified atom stereocenters. The Morgan fingerprint density at radius 3 is 2.11 bits per heavy atom. The van der Waals surface area contributed by atoms with Gasteiger partial charge < -0.3 is 9.64 Å². The molecule has 2 rings (SSSR count). The van der Waals surface area contributed by atoms with E-state index in [-0.39, 0.29) is 6.09 Å². The van der Waals surface area contributed by atoms with Crippen molar-refractivity contribution in [3.63, 3.8) is 0 Å². The Bertz CT molecular complexity index is 358. The number of hydrogen-bond donors (Lipinski definition) is 0. The molecular formula is C11H19ClN2O3S. The SMILES string of the molecule is CC(C)(C)OC(=O)N1CC2CN(S(=O)Cl)CC2C1. The Kier molecular flexibility index (Phi) is 3.90. The summed E-state index contributed by atoms with van der Waals surface area (Å²) in [6.07, 6.45) is -0.254. The standard InChI is InChI=1S/C11H19ClN2O3S/c1-11(2,3)17-10(15)13-4-8-6-14(18(12)16)7-9(8)5-13/h8-9H,4-7H2,1-3H3. The van der Waals surface area contributed by atoms with Crippen molar-refractivity contribution in [2.45, 2.75) is 26.4 Å². The number of carbonyl (C=O) groups is 1. The molecule has 5 nitrogen and oxygen atoms in total. The zero-order chi connectivity index (χ0) is 13.5. The summed E-state index contributed by atoms with van der Waals surface area (Å²) in [5, 5.41) is 0. The number of ether oxygens (including phenoxy) is 1. The van der Waals surface area contributed by atoms with Crippen LogP contribution in [0.3, 0.4) is 0 Å². The Morgan fingerprint density at radius 2 is 1.72 bits per heavy atom. The summed E-state index contributed by atoms with van der Waals surface area (Å²) in [5.74, 6) is 0.723. The minimum atomic E-state index is -1.42. The third kappa shape index (κ3) is 3.16. The fourth-order valence-electron chi connectivity index (χ4n) is 2.54. The second-order valence-electron chi connectivity index (χ2n) is 5.96. The van der Waals surface area contributed by atoms with Crippen molar-refractivity contribution in [1.29, 1.82) is 0 Å². The molecule has 0 spiro atoms. The average molecular weight is 295 g/mol.